The van der Waals surface area contributed by atoms with Crippen LogP contribution in [0.25, 0.3) is 0 Å². The van der Waals surface area contributed by atoms with Gasteiger partial charge in [0.2, 0.25) is 0 Å². The number of hydrogen-bond donors (Lipinski definition) is 3. The Labute approximate surface area is 64.3 Å². The van der Waals surface area contributed by atoms with Gasteiger partial charge in [0.25, 0.3) is 0 Å². The lowest BCUT2D eigenvalue weighted by molar-refractivity contribution is -0.145. The van der Waals surface area contributed by atoms with E-state index in [9.17, 15) is 9.59 Å². The molecular formula is C6H12O5. The van der Waals surface area contributed by atoms with E-state index in [4.69, 9.17) is 15.3 Å². The van der Waals surface area contributed by atoms with Gasteiger partial charge in [-0.15, -0.1) is 0 Å². The summed E-state index contributed by atoms with van der Waals surface area (Å²) in [6.07, 6.45) is -1.01. The van der Waals surface area contributed by atoms with E-state index < -0.39 is 18.0 Å². The van der Waals surface area contributed by atoms with E-state index in [0.29, 0.717) is 0 Å². The van der Waals surface area contributed by atoms with Crippen molar-refractivity contribution in [3.05, 3.63) is 0 Å². The Hall–Kier alpha value is -1.10. The van der Waals surface area contributed by atoms with Crippen LogP contribution in [0.3, 0.4) is 0 Å². The monoisotopic (exact) mass is 164 g/mol. The molecule has 0 aromatic carbocycles. The Balaban J connectivity index is 0. The van der Waals surface area contributed by atoms with Crippen molar-refractivity contribution >= 4 is 11.9 Å². The predicted molar refractivity (Wildman–Crippen MR) is 37.2 cm³/mol. The van der Waals surface area contributed by atoms with E-state index in [-0.39, 0.29) is 6.42 Å². The molecule has 5 nitrogen and oxygen atoms in total. The van der Waals surface area contributed by atoms with Gasteiger partial charge in [0.15, 0.2) is 0 Å². The zero-order valence-electron chi connectivity index (χ0n) is 6.44. The molecule has 0 heterocycles. The maximum atomic E-state index is 9.45. The summed E-state index contributed by atoms with van der Waals surface area (Å²) in [4.78, 5) is 18.8. The molecule has 0 amide bonds. The molecule has 0 aromatic heterocycles. The third kappa shape index (κ3) is 17.6. The maximum Gasteiger partial charge on any atom is 0.332 e. The van der Waals surface area contributed by atoms with Crippen LogP contribution in [0.2, 0.25) is 0 Å². The zero-order valence-corrected chi connectivity index (χ0v) is 6.44. The third-order valence-corrected chi connectivity index (χ3v) is 0.660. The van der Waals surface area contributed by atoms with Gasteiger partial charge < -0.3 is 15.3 Å². The lowest BCUT2D eigenvalue weighted by Gasteiger charge is -1.89. The molecule has 0 bridgehead atoms. The van der Waals surface area contributed by atoms with Crippen molar-refractivity contribution in [3.8, 4) is 0 Å². The molecule has 0 unspecified atom stereocenters. The second kappa shape index (κ2) is 7.01. The van der Waals surface area contributed by atoms with Gasteiger partial charge in [-0.2, -0.15) is 0 Å². The fourth-order valence-electron chi connectivity index (χ4n) is 0. The molecule has 3 N–H and O–H groups in total. The largest absolute Gasteiger partial charge is 0.481 e. The van der Waals surface area contributed by atoms with Crippen molar-refractivity contribution in [3.63, 3.8) is 0 Å². The highest BCUT2D eigenvalue weighted by molar-refractivity contribution is 5.71. The van der Waals surface area contributed by atoms with Crippen LogP contribution in [-0.4, -0.2) is 33.4 Å². The van der Waals surface area contributed by atoms with E-state index in [2.05, 4.69) is 0 Å². The minimum atomic E-state index is -1.23. The first-order chi connectivity index (χ1) is 4.91. The second-order valence-electron chi connectivity index (χ2n) is 1.76. The number of aliphatic hydroxyl groups excluding tert-OH is 1. The van der Waals surface area contributed by atoms with Crippen molar-refractivity contribution in [1.29, 1.82) is 0 Å². The summed E-state index contributed by atoms with van der Waals surface area (Å²) in [5, 5.41) is 23.5. The predicted octanol–water partition coefficient (Wildman–Crippen LogP) is -0.0672. The first kappa shape index (κ1) is 12.6. The highest BCUT2D eigenvalue weighted by Crippen LogP contribution is 1.73. The summed E-state index contributed by atoms with van der Waals surface area (Å²) in [5.74, 6) is -1.93. The number of carboxylic acids is 2. The molecule has 1 atom stereocenters. The molecule has 0 radical (unpaired) electrons. The standard InChI is InChI=1S/C3H6O3.C3H6O2/c1-2(4)3(5)6;1-2-3(4)5/h2,4H,1H3,(H,5,6);2H2,1H3,(H,4,5)/t2-;/m1./s1. The van der Waals surface area contributed by atoms with Crippen molar-refractivity contribution in [2.75, 3.05) is 0 Å². The first-order valence-corrected chi connectivity index (χ1v) is 3.04. The minimum Gasteiger partial charge on any atom is -0.481 e. The van der Waals surface area contributed by atoms with Gasteiger partial charge in [0.05, 0.1) is 0 Å². The average molecular weight is 164 g/mol. The molecule has 0 rings (SSSR count). The lowest BCUT2D eigenvalue weighted by atomic mass is 10.4. The first-order valence-electron chi connectivity index (χ1n) is 3.04. The number of carbonyl (C=O) groups is 2. The van der Waals surface area contributed by atoms with E-state index in [1.807, 2.05) is 0 Å². The summed E-state index contributed by atoms with van der Waals surface area (Å²) in [5.41, 5.74) is 0. The van der Waals surface area contributed by atoms with Crippen LogP contribution < -0.4 is 0 Å². The summed E-state index contributed by atoms with van der Waals surface area (Å²) in [6, 6.07) is 0. The molecule has 0 spiro atoms. The van der Waals surface area contributed by atoms with Gasteiger partial charge in [-0.25, -0.2) is 4.79 Å². The van der Waals surface area contributed by atoms with Gasteiger partial charge >= 0.3 is 11.9 Å². The molecule has 0 aliphatic rings. The van der Waals surface area contributed by atoms with Crippen LogP contribution in [0, 0.1) is 0 Å². The Morgan fingerprint density at radius 2 is 1.55 bits per heavy atom. The number of carboxylic acid groups (broad SMARTS) is 2. The average Bonchev–Trinajstić information content (AvgIpc) is 1.89. The molecular weight excluding hydrogens is 152 g/mol. The normalized spacial score (nSPS) is 10.8. The highest BCUT2D eigenvalue weighted by atomic mass is 16.4. The second-order valence-corrected chi connectivity index (χ2v) is 1.76. The Bertz CT molecular complexity index is 129. The molecule has 0 aromatic rings. The third-order valence-electron chi connectivity index (χ3n) is 0.660. The molecule has 0 saturated carbocycles. The Kier molecular flexibility index (Phi) is 8.01. The van der Waals surface area contributed by atoms with E-state index >= 15 is 0 Å². The smallest absolute Gasteiger partial charge is 0.332 e. The number of hydrogen-bond acceptors (Lipinski definition) is 3. The fourth-order valence-corrected chi connectivity index (χ4v) is 0. The molecule has 0 saturated heterocycles. The summed E-state index contributed by atoms with van der Waals surface area (Å²) >= 11 is 0. The van der Waals surface area contributed by atoms with E-state index in [1.54, 1.807) is 6.92 Å². The Morgan fingerprint density at radius 3 is 1.55 bits per heavy atom. The van der Waals surface area contributed by atoms with Gasteiger partial charge in [-0.3, -0.25) is 4.79 Å². The molecule has 11 heavy (non-hydrogen) atoms. The van der Waals surface area contributed by atoms with Crippen LogP contribution in [0.15, 0.2) is 0 Å². The zero-order chi connectivity index (χ0) is 9.44. The van der Waals surface area contributed by atoms with Gasteiger partial charge in [-0.1, -0.05) is 6.92 Å². The lowest BCUT2D eigenvalue weighted by Crippen LogP contribution is -2.13. The van der Waals surface area contributed by atoms with Crippen molar-refractivity contribution < 1.29 is 24.9 Å². The van der Waals surface area contributed by atoms with Crippen molar-refractivity contribution in [2.45, 2.75) is 26.4 Å². The van der Waals surface area contributed by atoms with E-state index in [0.717, 1.165) is 0 Å². The molecule has 0 fully saturated rings. The molecule has 66 valence electrons. The van der Waals surface area contributed by atoms with Gasteiger partial charge in [0.1, 0.15) is 6.10 Å². The SMILES string of the molecule is CCC(=O)O.C[C@@H](O)C(=O)O. The Morgan fingerprint density at radius 1 is 1.36 bits per heavy atom. The molecule has 5 heteroatoms. The minimum absolute atomic E-state index is 0.222. The van der Waals surface area contributed by atoms with Crippen molar-refractivity contribution in [2.24, 2.45) is 0 Å². The fraction of sp³-hybridized carbons (Fsp3) is 0.667. The molecule has 0 aliphatic heterocycles. The summed E-state index contributed by atoms with van der Waals surface area (Å²) in [7, 11) is 0. The van der Waals surface area contributed by atoms with Crippen molar-refractivity contribution in [1.82, 2.24) is 0 Å². The summed E-state index contributed by atoms with van der Waals surface area (Å²) < 4.78 is 0. The summed E-state index contributed by atoms with van der Waals surface area (Å²) in [6.45, 7) is 2.80. The van der Waals surface area contributed by atoms with Crippen LogP contribution >= 0.6 is 0 Å². The maximum absolute atomic E-state index is 9.45. The number of aliphatic hydroxyl groups is 1. The van der Waals surface area contributed by atoms with Gasteiger partial charge in [0, 0.05) is 6.42 Å². The topological polar surface area (TPSA) is 94.8 Å². The van der Waals surface area contributed by atoms with E-state index in [1.165, 1.54) is 6.92 Å². The number of rotatable bonds is 2. The van der Waals surface area contributed by atoms with Gasteiger partial charge in [-0.05, 0) is 6.92 Å². The quantitative estimate of drug-likeness (QED) is 0.531. The van der Waals surface area contributed by atoms with Crippen LogP contribution in [0.5, 0.6) is 0 Å². The number of aliphatic carboxylic acids is 2. The van der Waals surface area contributed by atoms with Crippen LogP contribution in [0.4, 0.5) is 0 Å². The van der Waals surface area contributed by atoms with Crippen LogP contribution in [-0.2, 0) is 9.59 Å². The van der Waals surface area contributed by atoms with Crippen LogP contribution in [0.1, 0.15) is 20.3 Å². The molecule has 0 aliphatic carbocycles. The highest BCUT2D eigenvalue weighted by Gasteiger charge is 2.01.